The van der Waals surface area contributed by atoms with Gasteiger partial charge in [-0.05, 0) is 37.3 Å². The number of allylic oxidation sites excluding steroid dienone is 1. The van der Waals surface area contributed by atoms with Crippen molar-refractivity contribution in [3.63, 3.8) is 0 Å². The minimum Gasteiger partial charge on any atom is -0.392 e. The van der Waals surface area contributed by atoms with Crippen molar-refractivity contribution < 1.29 is 5.11 Å². The summed E-state index contributed by atoms with van der Waals surface area (Å²) in [5, 5.41) is 10.9. The van der Waals surface area contributed by atoms with Crippen LogP contribution in [-0.4, -0.2) is 16.5 Å². The molecule has 0 heterocycles. The van der Waals surface area contributed by atoms with Crippen LogP contribution in [0.25, 0.3) is 0 Å². The lowest BCUT2D eigenvalue weighted by molar-refractivity contribution is 0.0831. The van der Waals surface area contributed by atoms with Gasteiger partial charge in [0, 0.05) is 10.1 Å². The number of hydrogen-bond acceptors (Lipinski definition) is 2. The maximum Gasteiger partial charge on any atom is 0.0693 e. The van der Waals surface area contributed by atoms with Crippen LogP contribution in [0.4, 0.5) is 0 Å². The van der Waals surface area contributed by atoms with Gasteiger partial charge in [-0.25, -0.2) is 0 Å². The summed E-state index contributed by atoms with van der Waals surface area (Å²) < 4.78 is 0. The lowest BCUT2D eigenvalue weighted by Gasteiger charge is -2.31. The molecule has 1 aliphatic rings. The van der Waals surface area contributed by atoms with Crippen molar-refractivity contribution in [1.82, 2.24) is 0 Å². The molecule has 1 N–H and O–H groups in total. The summed E-state index contributed by atoms with van der Waals surface area (Å²) in [6.07, 6.45) is 8.86. The van der Waals surface area contributed by atoms with Crippen molar-refractivity contribution in [2.24, 2.45) is 5.92 Å². The molecular formula is C17H24OS. The number of aliphatic hydroxyl groups is 1. The quantitative estimate of drug-likeness (QED) is 0.602. The Morgan fingerprint density at radius 2 is 1.89 bits per heavy atom. The van der Waals surface area contributed by atoms with Crippen LogP contribution in [-0.2, 0) is 0 Å². The van der Waals surface area contributed by atoms with Crippen molar-refractivity contribution in [2.45, 2.75) is 54.8 Å². The topological polar surface area (TPSA) is 20.2 Å². The summed E-state index contributed by atoms with van der Waals surface area (Å²) in [6.45, 7) is 3.85. The summed E-state index contributed by atoms with van der Waals surface area (Å²) in [7, 11) is 0. The van der Waals surface area contributed by atoms with E-state index < -0.39 is 0 Å². The number of rotatable bonds is 6. The molecule has 2 rings (SSSR count). The van der Waals surface area contributed by atoms with Crippen LogP contribution >= 0.6 is 11.8 Å². The van der Waals surface area contributed by atoms with Gasteiger partial charge in [0.25, 0.3) is 0 Å². The Morgan fingerprint density at radius 3 is 2.53 bits per heavy atom. The van der Waals surface area contributed by atoms with Gasteiger partial charge in [0.05, 0.1) is 6.10 Å². The molecule has 104 valence electrons. The molecule has 0 aromatic heterocycles. The van der Waals surface area contributed by atoms with E-state index in [0.29, 0.717) is 5.92 Å². The SMILES string of the molecule is C=CC[C@@H](Sc1ccccc1)[C@@H](O)C1CCCCC1. The van der Waals surface area contributed by atoms with Gasteiger partial charge in [0.2, 0.25) is 0 Å². The molecule has 0 radical (unpaired) electrons. The highest BCUT2D eigenvalue weighted by atomic mass is 32.2. The normalized spacial score (nSPS) is 19.8. The smallest absolute Gasteiger partial charge is 0.0693 e. The van der Waals surface area contributed by atoms with Gasteiger partial charge in [-0.3, -0.25) is 0 Å². The molecule has 2 heteroatoms. The van der Waals surface area contributed by atoms with E-state index >= 15 is 0 Å². The Hall–Kier alpha value is -0.730. The highest BCUT2D eigenvalue weighted by Gasteiger charge is 2.28. The summed E-state index contributed by atoms with van der Waals surface area (Å²) >= 11 is 1.79. The Labute approximate surface area is 121 Å². The predicted molar refractivity (Wildman–Crippen MR) is 83.5 cm³/mol. The fourth-order valence-electron chi connectivity index (χ4n) is 2.87. The first-order chi connectivity index (χ1) is 9.31. The van der Waals surface area contributed by atoms with Crippen LogP contribution in [0.15, 0.2) is 47.9 Å². The number of thioether (sulfide) groups is 1. The molecule has 0 saturated heterocycles. The summed E-state index contributed by atoms with van der Waals surface area (Å²) in [4.78, 5) is 1.24. The van der Waals surface area contributed by atoms with Gasteiger partial charge < -0.3 is 5.11 Å². The molecule has 19 heavy (non-hydrogen) atoms. The van der Waals surface area contributed by atoms with Crippen LogP contribution in [0.3, 0.4) is 0 Å². The number of benzene rings is 1. The monoisotopic (exact) mass is 276 g/mol. The zero-order valence-corrected chi connectivity index (χ0v) is 12.3. The van der Waals surface area contributed by atoms with Gasteiger partial charge >= 0.3 is 0 Å². The van der Waals surface area contributed by atoms with Gasteiger partial charge in [-0.2, -0.15) is 0 Å². The van der Waals surface area contributed by atoms with E-state index in [9.17, 15) is 5.11 Å². The molecule has 2 atom stereocenters. The van der Waals surface area contributed by atoms with Crippen LogP contribution in [0.5, 0.6) is 0 Å². The van der Waals surface area contributed by atoms with E-state index in [1.165, 1.54) is 37.0 Å². The average Bonchev–Trinajstić information content (AvgIpc) is 2.48. The van der Waals surface area contributed by atoms with Gasteiger partial charge in [-0.15, -0.1) is 18.3 Å². The number of aliphatic hydroxyl groups excluding tert-OH is 1. The minimum atomic E-state index is -0.205. The van der Waals surface area contributed by atoms with Crippen LogP contribution < -0.4 is 0 Å². The third-order valence-corrected chi connectivity index (χ3v) is 5.26. The number of hydrogen-bond donors (Lipinski definition) is 1. The Balaban J connectivity index is 1.99. The van der Waals surface area contributed by atoms with Crippen LogP contribution in [0.2, 0.25) is 0 Å². The second-order valence-electron chi connectivity index (χ2n) is 5.38. The molecule has 0 bridgehead atoms. The molecule has 0 amide bonds. The third-order valence-electron chi connectivity index (χ3n) is 3.94. The molecule has 0 spiro atoms. The highest BCUT2D eigenvalue weighted by molar-refractivity contribution is 8.00. The van der Waals surface area contributed by atoms with E-state index in [2.05, 4.69) is 30.8 Å². The van der Waals surface area contributed by atoms with E-state index in [-0.39, 0.29) is 11.4 Å². The first-order valence-corrected chi connectivity index (χ1v) is 8.20. The Kier molecular flexibility index (Phi) is 5.99. The second-order valence-corrected chi connectivity index (χ2v) is 6.70. The molecular weight excluding hydrogens is 252 g/mol. The van der Waals surface area contributed by atoms with Crippen molar-refractivity contribution in [2.75, 3.05) is 0 Å². The first-order valence-electron chi connectivity index (χ1n) is 7.32. The van der Waals surface area contributed by atoms with Gasteiger partial charge in [0.15, 0.2) is 0 Å². The van der Waals surface area contributed by atoms with Gasteiger partial charge in [-0.1, -0.05) is 43.5 Å². The maximum atomic E-state index is 10.7. The van der Waals surface area contributed by atoms with Crippen LogP contribution in [0.1, 0.15) is 38.5 Å². The molecule has 1 aromatic carbocycles. The molecule has 0 unspecified atom stereocenters. The van der Waals surface area contributed by atoms with E-state index in [4.69, 9.17) is 0 Å². The second kappa shape index (κ2) is 7.76. The van der Waals surface area contributed by atoms with Crippen LogP contribution in [0, 0.1) is 5.92 Å². The summed E-state index contributed by atoms with van der Waals surface area (Å²) in [5.74, 6) is 0.481. The standard InChI is InChI=1S/C17H24OS/c1-2-9-16(19-15-12-7-4-8-13-15)17(18)14-10-5-3-6-11-14/h2,4,7-8,12-14,16-18H,1,3,5-6,9-11H2/t16-,17+/m1/s1. The molecule has 1 fully saturated rings. The zero-order valence-electron chi connectivity index (χ0n) is 11.5. The molecule has 1 nitrogen and oxygen atoms in total. The van der Waals surface area contributed by atoms with Crippen molar-refractivity contribution in [3.05, 3.63) is 43.0 Å². The van der Waals surface area contributed by atoms with Crippen molar-refractivity contribution >= 4 is 11.8 Å². The van der Waals surface area contributed by atoms with E-state index in [1.54, 1.807) is 11.8 Å². The molecule has 0 aliphatic heterocycles. The first kappa shape index (κ1) is 14.7. The molecule has 1 aromatic rings. The Morgan fingerprint density at radius 1 is 1.21 bits per heavy atom. The van der Waals surface area contributed by atoms with E-state index in [0.717, 1.165) is 6.42 Å². The fraction of sp³-hybridized carbons (Fsp3) is 0.529. The van der Waals surface area contributed by atoms with E-state index in [1.807, 2.05) is 12.1 Å². The third kappa shape index (κ3) is 4.39. The maximum absolute atomic E-state index is 10.7. The fourth-order valence-corrected chi connectivity index (χ4v) is 4.13. The molecule has 1 aliphatic carbocycles. The Bertz CT molecular complexity index is 370. The van der Waals surface area contributed by atoms with Gasteiger partial charge in [0.1, 0.15) is 0 Å². The predicted octanol–water partition coefficient (Wildman–Crippen LogP) is 4.66. The largest absolute Gasteiger partial charge is 0.392 e. The lowest BCUT2D eigenvalue weighted by atomic mass is 9.83. The summed E-state index contributed by atoms with van der Waals surface area (Å²) in [5.41, 5.74) is 0. The lowest BCUT2D eigenvalue weighted by Crippen LogP contribution is -2.32. The van der Waals surface area contributed by atoms with Crippen molar-refractivity contribution in [1.29, 1.82) is 0 Å². The zero-order chi connectivity index (χ0) is 13.5. The summed E-state index contributed by atoms with van der Waals surface area (Å²) in [6, 6.07) is 10.4. The van der Waals surface area contributed by atoms with Crippen molar-refractivity contribution in [3.8, 4) is 0 Å². The average molecular weight is 276 g/mol. The minimum absolute atomic E-state index is 0.205. The molecule has 1 saturated carbocycles. The highest BCUT2D eigenvalue weighted by Crippen LogP contribution is 2.35.